The number of halogens is 5. The average molecular weight is 466 g/mol. The van der Waals surface area contributed by atoms with E-state index in [0.29, 0.717) is 17.8 Å². The zero-order valence-electron chi connectivity index (χ0n) is 17.4. The SMILES string of the molecule is C=C1[C@H](C)N=C(c2[nH]c(=O)ccc2F)c2c(ccc(C(F)(F)F)c2Cl)N1C1=C(C)CCC1. The topological polar surface area (TPSA) is 48.5 Å². The highest BCUT2D eigenvalue weighted by atomic mass is 35.5. The Hall–Kier alpha value is -2.87. The normalized spacial score (nSPS) is 19.2. The fraction of sp³-hybridized carbons (Fsp3) is 0.304. The molecule has 0 saturated carbocycles. The molecule has 1 aromatic carbocycles. The first-order chi connectivity index (χ1) is 15.0. The summed E-state index contributed by atoms with van der Waals surface area (Å²) < 4.78 is 55.9. The molecule has 1 atom stereocenters. The molecule has 0 bridgehead atoms. The number of alkyl halides is 3. The summed E-state index contributed by atoms with van der Waals surface area (Å²) in [6, 6.07) is 3.53. The first-order valence-corrected chi connectivity index (χ1v) is 10.4. The average Bonchev–Trinajstić information content (AvgIpc) is 3.08. The number of nitrogens with one attached hydrogen (secondary N) is 1. The highest BCUT2D eigenvalue weighted by Crippen LogP contribution is 2.46. The van der Waals surface area contributed by atoms with Gasteiger partial charge in [-0.2, -0.15) is 13.2 Å². The highest BCUT2D eigenvalue weighted by molar-refractivity contribution is 6.37. The summed E-state index contributed by atoms with van der Waals surface area (Å²) in [6.07, 6.45) is -2.27. The van der Waals surface area contributed by atoms with E-state index >= 15 is 0 Å². The Balaban J connectivity index is 2.10. The van der Waals surface area contributed by atoms with Crippen LogP contribution in [-0.4, -0.2) is 16.7 Å². The van der Waals surface area contributed by atoms with E-state index in [9.17, 15) is 22.4 Å². The van der Waals surface area contributed by atoms with Crippen LogP contribution in [0.2, 0.25) is 5.02 Å². The molecule has 2 heterocycles. The quantitative estimate of drug-likeness (QED) is 0.536. The van der Waals surface area contributed by atoms with Crippen LogP contribution in [0.3, 0.4) is 0 Å². The Bertz CT molecular complexity index is 1240. The lowest BCUT2D eigenvalue weighted by Gasteiger charge is -2.31. The number of pyridine rings is 1. The van der Waals surface area contributed by atoms with Crippen molar-refractivity contribution in [2.24, 2.45) is 4.99 Å². The molecule has 4 nitrogen and oxygen atoms in total. The summed E-state index contributed by atoms with van der Waals surface area (Å²) in [5.74, 6) is -0.828. The van der Waals surface area contributed by atoms with Gasteiger partial charge in [0, 0.05) is 23.0 Å². The molecule has 0 spiro atoms. The van der Waals surface area contributed by atoms with E-state index in [0.717, 1.165) is 42.3 Å². The molecule has 4 rings (SSSR count). The molecule has 168 valence electrons. The minimum Gasteiger partial charge on any atom is -0.318 e. The molecule has 0 unspecified atom stereocenters. The number of fused-ring (bicyclic) bond motifs is 1. The van der Waals surface area contributed by atoms with Gasteiger partial charge in [-0.25, -0.2) is 4.39 Å². The van der Waals surface area contributed by atoms with Crippen LogP contribution >= 0.6 is 11.6 Å². The Morgan fingerprint density at radius 1 is 1.22 bits per heavy atom. The smallest absolute Gasteiger partial charge is 0.318 e. The van der Waals surface area contributed by atoms with Crippen molar-refractivity contribution in [2.75, 3.05) is 4.90 Å². The van der Waals surface area contributed by atoms with E-state index in [1.807, 2.05) is 6.92 Å². The van der Waals surface area contributed by atoms with Crippen LogP contribution in [0.4, 0.5) is 23.2 Å². The number of H-pyrrole nitrogens is 1. The number of benzodiazepines with no additional fused rings is 1. The maximum absolute atomic E-state index is 14.8. The number of benzene rings is 1. The number of hydrogen-bond acceptors (Lipinski definition) is 3. The molecule has 0 fully saturated rings. The largest absolute Gasteiger partial charge is 0.417 e. The van der Waals surface area contributed by atoms with Gasteiger partial charge in [0.15, 0.2) is 0 Å². The van der Waals surface area contributed by atoms with Crippen molar-refractivity contribution in [1.82, 2.24) is 4.98 Å². The molecule has 9 heteroatoms. The maximum Gasteiger partial charge on any atom is 0.417 e. The lowest BCUT2D eigenvalue weighted by Crippen LogP contribution is -2.26. The molecule has 0 radical (unpaired) electrons. The molecule has 1 aliphatic carbocycles. The second kappa shape index (κ2) is 7.92. The summed E-state index contributed by atoms with van der Waals surface area (Å²) in [4.78, 5) is 20.6. The summed E-state index contributed by atoms with van der Waals surface area (Å²) in [6.45, 7) is 7.81. The van der Waals surface area contributed by atoms with Crippen molar-refractivity contribution in [1.29, 1.82) is 0 Å². The second-order valence-electron chi connectivity index (χ2n) is 7.93. The molecule has 0 amide bonds. The number of nitrogens with zero attached hydrogens (tertiary/aromatic N) is 2. The van der Waals surface area contributed by atoms with Gasteiger partial charge in [-0.05, 0) is 51.3 Å². The van der Waals surface area contributed by atoms with E-state index in [1.165, 1.54) is 6.07 Å². The number of allylic oxidation sites excluding steroid dienone is 2. The van der Waals surface area contributed by atoms with Crippen LogP contribution in [0, 0.1) is 5.82 Å². The lowest BCUT2D eigenvalue weighted by atomic mass is 9.99. The highest BCUT2D eigenvalue weighted by Gasteiger charge is 2.39. The first-order valence-electron chi connectivity index (χ1n) is 10.0. The van der Waals surface area contributed by atoms with E-state index in [2.05, 4.69) is 16.6 Å². The number of anilines is 1. The van der Waals surface area contributed by atoms with Crippen LogP contribution in [0.25, 0.3) is 0 Å². The van der Waals surface area contributed by atoms with E-state index in [4.69, 9.17) is 11.6 Å². The van der Waals surface area contributed by atoms with E-state index in [1.54, 1.807) is 11.8 Å². The van der Waals surface area contributed by atoms with Gasteiger partial charge in [-0.15, -0.1) is 0 Å². The maximum atomic E-state index is 14.8. The first kappa shape index (κ1) is 22.3. The molecule has 2 aromatic rings. The van der Waals surface area contributed by atoms with Crippen molar-refractivity contribution >= 4 is 23.0 Å². The number of aliphatic imine (C=N–C) groups is 1. The van der Waals surface area contributed by atoms with Crippen LogP contribution < -0.4 is 10.5 Å². The van der Waals surface area contributed by atoms with Crippen molar-refractivity contribution in [3.63, 3.8) is 0 Å². The Morgan fingerprint density at radius 3 is 2.56 bits per heavy atom. The zero-order chi connectivity index (χ0) is 23.4. The van der Waals surface area contributed by atoms with Crippen LogP contribution in [0.1, 0.15) is 49.9 Å². The summed E-state index contributed by atoms with van der Waals surface area (Å²) in [5.41, 5.74) is 0.582. The van der Waals surface area contributed by atoms with E-state index in [-0.39, 0.29) is 17.0 Å². The Labute approximate surface area is 186 Å². The third-order valence-corrected chi connectivity index (χ3v) is 6.22. The number of aromatic amines is 1. The molecule has 32 heavy (non-hydrogen) atoms. The van der Waals surface area contributed by atoms with Crippen molar-refractivity contribution in [3.05, 3.63) is 85.8 Å². The Kier molecular flexibility index (Phi) is 5.53. The van der Waals surface area contributed by atoms with Gasteiger partial charge in [-0.3, -0.25) is 9.79 Å². The zero-order valence-corrected chi connectivity index (χ0v) is 18.2. The molecule has 1 aliphatic heterocycles. The number of aromatic nitrogens is 1. The van der Waals surface area contributed by atoms with Crippen LogP contribution in [-0.2, 0) is 6.18 Å². The molecule has 0 saturated heterocycles. The predicted octanol–water partition coefficient (Wildman–Crippen LogP) is 6.20. The molecular weight excluding hydrogens is 446 g/mol. The predicted molar refractivity (Wildman–Crippen MR) is 117 cm³/mol. The van der Waals surface area contributed by atoms with Crippen molar-refractivity contribution < 1.29 is 17.6 Å². The summed E-state index contributed by atoms with van der Waals surface area (Å²) in [7, 11) is 0. The molecule has 2 aliphatic rings. The summed E-state index contributed by atoms with van der Waals surface area (Å²) in [5, 5.41) is -0.610. The number of rotatable bonds is 2. The van der Waals surface area contributed by atoms with Gasteiger partial charge in [0.05, 0.1) is 28.0 Å². The van der Waals surface area contributed by atoms with Gasteiger partial charge in [0.1, 0.15) is 11.5 Å². The minimum absolute atomic E-state index is 0.0973. The van der Waals surface area contributed by atoms with Crippen LogP contribution in [0.15, 0.2) is 57.6 Å². The van der Waals surface area contributed by atoms with E-state index < -0.39 is 34.2 Å². The standard InChI is InChI=1S/C23H20ClF4N3O/c1-11-5-4-6-16(11)31-13(3)12(2)29-22(21-15(25)8-10-18(32)30-21)19-17(31)9-7-14(20(19)24)23(26,27)28/h7-10,12H,3-6H2,1-2H3,(H,30,32)/t12-/m0/s1. The van der Waals surface area contributed by atoms with Crippen LogP contribution in [0.5, 0.6) is 0 Å². The third kappa shape index (κ3) is 3.66. The lowest BCUT2D eigenvalue weighted by molar-refractivity contribution is -0.137. The van der Waals surface area contributed by atoms with Crippen molar-refractivity contribution in [3.8, 4) is 0 Å². The second-order valence-corrected chi connectivity index (χ2v) is 8.30. The van der Waals surface area contributed by atoms with Gasteiger partial charge in [0.25, 0.3) is 0 Å². The van der Waals surface area contributed by atoms with Crippen molar-refractivity contribution in [2.45, 2.75) is 45.3 Å². The number of hydrogen-bond donors (Lipinski definition) is 1. The fourth-order valence-electron chi connectivity index (χ4n) is 4.19. The van der Waals surface area contributed by atoms with Gasteiger partial charge in [-0.1, -0.05) is 23.8 Å². The molecular formula is C23H20ClF4N3O. The summed E-state index contributed by atoms with van der Waals surface area (Å²) >= 11 is 6.34. The van der Waals surface area contributed by atoms with Gasteiger partial charge in [0.2, 0.25) is 5.56 Å². The molecule has 1 N–H and O–H groups in total. The third-order valence-electron chi connectivity index (χ3n) is 5.83. The van der Waals surface area contributed by atoms with Gasteiger partial charge < -0.3 is 9.88 Å². The monoisotopic (exact) mass is 465 g/mol. The molecule has 1 aromatic heterocycles. The van der Waals surface area contributed by atoms with Gasteiger partial charge >= 0.3 is 6.18 Å². The fourth-order valence-corrected chi connectivity index (χ4v) is 4.55. The Morgan fingerprint density at radius 2 is 1.94 bits per heavy atom. The minimum atomic E-state index is -4.73.